The smallest absolute Gasteiger partial charge is 0.394 e. The van der Waals surface area contributed by atoms with Crippen LogP contribution < -0.4 is 5.32 Å². The van der Waals surface area contributed by atoms with Gasteiger partial charge in [-0.3, -0.25) is 4.90 Å². The number of aliphatic hydroxyl groups is 1. The molecule has 1 aliphatic heterocycles. The lowest BCUT2D eigenvalue weighted by Crippen LogP contribution is -2.35. The Hall–Kier alpha value is -1.18. The predicted molar refractivity (Wildman–Crippen MR) is 70.3 cm³/mol. The molecular weight excluding hydrogens is 288 g/mol. The minimum Gasteiger partial charge on any atom is -0.394 e. The molecule has 0 radical (unpaired) electrons. The summed E-state index contributed by atoms with van der Waals surface area (Å²) in [5.74, 6) is -0.930. The zero-order valence-electron chi connectivity index (χ0n) is 11.5. The largest absolute Gasteiger partial charge is 0.416 e. The molecule has 1 unspecified atom stereocenters. The molecule has 2 rings (SSSR count). The van der Waals surface area contributed by atoms with Gasteiger partial charge in [0.25, 0.3) is 0 Å². The zero-order chi connectivity index (χ0) is 15.5. The van der Waals surface area contributed by atoms with Crippen LogP contribution in [0.15, 0.2) is 18.2 Å². The van der Waals surface area contributed by atoms with Gasteiger partial charge in [0.05, 0.1) is 18.2 Å². The van der Waals surface area contributed by atoms with Gasteiger partial charge in [0.15, 0.2) is 0 Å². The second kappa shape index (κ2) is 6.72. The molecule has 118 valence electrons. The average molecular weight is 306 g/mol. The van der Waals surface area contributed by atoms with Crippen molar-refractivity contribution < 1.29 is 22.7 Å². The lowest BCUT2D eigenvalue weighted by Gasteiger charge is -2.31. The van der Waals surface area contributed by atoms with Crippen molar-refractivity contribution in [1.29, 1.82) is 0 Å². The van der Waals surface area contributed by atoms with Crippen molar-refractivity contribution in [2.75, 3.05) is 32.8 Å². The highest BCUT2D eigenvalue weighted by molar-refractivity contribution is 5.33. The molecular formula is C14H18F4N2O. The summed E-state index contributed by atoms with van der Waals surface area (Å²) >= 11 is 0. The van der Waals surface area contributed by atoms with Crippen LogP contribution in [0, 0.1) is 5.82 Å². The van der Waals surface area contributed by atoms with Crippen LogP contribution >= 0.6 is 0 Å². The zero-order valence-corrected chi connectivity index (χ0v) is 11.5. The number of halogens is 4. The van der Waals surface area contributed by atoms with Crippen LogP contribution in [0.2, 0.25) is 0 Å². The Bertz CT molecular complexity index is 471. The van der Waals surface area contributed by atoms with E-state index in [9.17, 15) is 22.7 Å². The number of hydrogen-bond donors (Lipinski definition) is 2. The summed E-state index contributed by atoms with van der Waals surface area (Å²) in [6.45, 7) is 2.14. The first-order valence-electron chi connectivity index (χ1n) is 6.85. The molecule has 7 heteroatoms. The van der Waals surface area contributed by atoms with Gasteiger partial charge in [-0.25, -0.2) is 4.39 Å². The van der Waals surface area contributed by atoms with E-state index in [0.29, 0.717) is 25.7 Å². The Balaban J connectivity index is 2.37. The van der Waals surface area contributed by atoms with Gasteiger partial charge in [-0.05, 0) is 30.7 Å². The van der Waals surface area contributed by atoms with E-state index in [0.717, 1.165) is 25.1 Å². The molecule has 2 N–H and O–H groups in total. The molecule has 21 heavy (non-hydrogen) atoms. The molecule has 1 fully saturated rings. The number of nitrogens with one attached hydrogen (secondary N) is 1. The van der Waals surface area contributed by atoms with Crippen LogP contribution in [-0.4, -0.2) is 42.8 Å². The van der Waals surface area contributed by atoms with Crippen molar-refractivity contribution in [3.63, 3.8) is 0 Å². The topological polar surface area (TPSA) is 35.5 Å². The maximum absolute atomic E-state index is 13.2. The summed E-state index contributed by atoms with van der Waals surface area (Å²) < 4.78 is 52.4. The van der Waals surface area contributed by atoms with Crippen LogP contribution in [0.5, 0.6) is 0 Å². The Morgan fingerprint density at radius 3 is 2.67 bits per heavy atom. The third kappa shape index (κ3) is 3.93. The second-order valence-corrected chi connectivity index (χ2v) is 5.07. The molecule has 0 amide bonds. The molecule has 3 nitrogen and oxygen atoms in total. The fourth-order valence-corrected chi connectivity index (χ4v) is 2.65. The quantitative estimate of drug-likeness (QED) is 0.840. The molecule has 0 saturated carbocycles. The maximum atomic E-state index is 13.2. The number of rotatable bonds is 3. The SMILES string of the molecule is OCC(c1ccc(F)cc1C(F)(F)F)N1CCCNCC1. The fourth-order valence-electron chi connectivity index (χ4n) is 2.65. The van der Waals surface area contributed by atoms with E-state index >= 15 is 0 Å². The van der Waals surface area contributed by atoms with Gasteiger partial charge >= 0.3 is 6.18 Å². The summed E-state index contributed by atoms with van der Waals surface area (Å²) in [5.41, 5.74) is -1.09. The van der Waals surface area contributed by atoms with Gasteiger partial charge in [0.2, 0.25) is 0 Å². The molecule has 1 saturated heterocycles. The van der Waals surface area contributed by atoms with Gasteiger partial charge in [-0.1, -0.05) is 6.07 Å². The van der Waals surface area contributed by atoms with Crippen LogP contribution in [0.3, 0.4) is 0 Å². The van der Waals surface area contributed by atoms with Crippen LogP contribution in [0.1, 0.15) is 23.6 Å². The predicted octanol–water partition coefficient (Wildman–Crippen LogP) is 2.17. The van der Waals surface area contributed by atoms with E-state index in [1.807, 2.05) is 4.90 Å². The fraction of sp³-hybridized carbons (Fsp3) is 0.571. The third-order valence-corrected chi connectivity index (χ3v) is 3.67. The third-order valence-electron chi connectivity index (χ3n) is 3.67. The van der Waals surface area contributed by atoms with E-state index in [-0.39, 0.29) is 5.56 Å². The minimum atomic E-state index is -4.64. The Kier molecular flexibility index (Phi) is 5.18. The maximum Gasteiger partial charge on any atom is 0.416 e. The Morgan fingerprint density at radius 2 is 2.00 bits per heavy atom. The number of alkyl halides is 3. The standard InChI is InChI=1S/C14H18F4N2O/c15-10-2-3-11(12(8-10)14(16,17)18)13(9-21)20-6-1-4-19-5-7-20/h2-3,8,13,19,21H,1,4-7,9H2. The Morgan fingerprint density at radius 1 is 1.24 bits per heavy atom. The van der Waals surface area contributed by atoms with Crippen molar-refractivity contribution in [2.24, 2.45) is 0 Å². The van der Waals surface area contributed by atoms with Crippen molar-refractivity contribution in [3.05, 3.63) is 35.1 Å². The van der Waals surface area contributed by atoms with Crippen LogP contribution in [0.4, 0.5) is 17.6 Å². The lowest BCUT2D eigenvalue weighted by molar-refractivity contribution is -0.139. The molecule has 1 heterocycles. The van der Waals surface area contributed by atoms with Gasteiger partial charge in [-0.2, -0.15) is 13.2 Å². The number of aliphatic hydroxyl groups excluding tert-OH is 1. The Labute approximate surface area is 120 Å². The molecule has 1 aliphatic rings. The highest BCUT2D eigenvalue weighted by atomic mass is 19.4. The molecule has 1 aromatic rings. The van der Waals surface area contributed by atoms with Crippen molar-refractivity contribution in [3.8, 4) is 0 Å². The molecule has 0 aliphatic carbocycles. The first-order chi connectivity index (χ1) is 9.93. The normalized spacial score (nSPS) is 19.3. The van der Waals surface area contributed by atoms with Crippen LogP contribution in [0.25, 0.3) is 0 Å². The lowest BCUT2D eigenvalue weighted by atomic mass is 9.98. The molecule has 0 bridgehead atoms. The van der Waals surface area contributed by atoms with E-state index < -0.39 is 30.2 Å². The molecule has 0 aromatic heterocycles. The molecule has 1 aromatic carbocycles. The van der Waals surface area contributed by atoms with Gasteiger partial charge in [-0.15, -0.1) is 0 Å². The van der Waals surface area contributed by atoms with Gasteiger partial charge < -0.3 is 10.4 Å². The van der Waals surface area contributed by atoms with E-state index in [1.54, 1.807) is 0 Å². The highest BCUT2D eigenvalue weighted by Crippen LogP contribution is 2.36. The van der Waals surface area contributed by atoms with Gasteiger partial charge in [0.1, 0.15) is 5.82 Å². The first-order valence-corrected chi connectivity index (χ1v) is 6.85. The molecule has 0 spiro atoms. The summed E-state index contributed by atoms with van der Waals surface area (Å²) in [5, 5.41) is 12.7. The van der Waals surface area contributed by atoms with Crippen molar-refractivity contribution in [2.45, 2.75) is 18.6 Å². The van der Waals surface area contributed by atoms with E-state index in [1.165, 1.54) is 0 Å². The summed E-state index contributed by atoms with van der Waals surface area (Å²) in [6.07, 6.45) is -3.85. The minimum absolute atomic E-state index is 0.0756. The summed E-state index contributed by atoms with van der Waals surface area (Å²) in [7, 11) is 0. The number of benzene rings is 1. The second-order valence-electron chi connectivity index (χ2n) is 5.07. The summed E-state index contributed by atoms with van der Waals surface area (Å²) in [4.78, 5) is 1.81. The monoisotopic (exact) mass is 306 g/mol. The number of hydrogen-bond acceptors (Lipinski definition) is 3. The number of nitrogens with zero attached hydrogens (tertiary/aromatic N) is 1. The molecule has 1 atom stereocenters. The summed E-state index contributed by atoms with van der Waals surface area (Å²) in [6, 6.07) is 1.84. The van der Waals surface area contributed by atoms with Crippen molar-refractivity contribution in [1.82, 2.24) is 10.2 Å². The highest BCUT2D eigenvalue weighted by Gasteiger charge is 2.37. The van der Waals surface area contributed by atoms with Crippen molar-refractivity contribution >= 4 is 0 Å². The first kappa shape index (κ1) is 16.2. The van der Waals surface area contributed by atoms with E-state index in [2.05, 4.69) is 5.32 Å². The van der Waals surface area contributed by atoms with Gasteiger partial charge in [0, 0.05) is 19.6 Å². The average Bonchev–Trinajstić information content (AvgIpc) is 2.69. The van der Waals surface area contributed by atoms with Crippen LogP contribution in [-0.2, 0) is 6.18 Å². The van der Waals surface area contributed by atoms with E-state index in [4.69, 9.17) is 0 Å².